The smallest absolute Gasteiger partial charge is 0.335 e. The van der Waals surface area contributed by atoms with Gasteiger partial charge in [-0.15, -0.1) is 0 Å². The summed E-state index contributed by atoms with van der Waals surface area (Å²) in [6.07, 6.45) is -0.420. The van der Waals surface area contributed by atoms with E-state index in [2.05, 4.69) is 15.4 Å². The van der Waals surface area contributed by atoms with Crippen LogP contribution < -0.4 is 15.6 Å². The van der Waals surface area contributed by atoms with E-state index in [0.29, 0.717) is 10.9 Å². The molecule has 3 N–H and O–H groups in total. The number of carbonyl (C=O) groups is 1. The van der Waals surface area contributed by atoms with Crippen LogP contribution in [0.4, 0.5) is 5.69 Å². The molecule has 27 heavy (non-hydrogen) atoms. The number of aromatic nitrogens is 3. The van der Waals surface area contributed by atoms with Gasteiger partial charge in [0.15, 0.2) is 0 Å². The normalized spacial score (nSPS) is 14.8. The van der Waals surface area contributed by atoms with E-state index in [9.17, 15) is 9.59 Å². The number of carboxylic acid groups (broad SMARTS) is 1. The van der Waals surface area contributed by atoms with Gasteiger partial charge in [-0.3, -0.25) is 9.78 Å². The van der Waals surface area contributed by atoms with Crippen molar-refractivity contribution in [2.24, 2.45) is 0 Å². The number of hydrogen-bond acceptors (Lipinski definition) is 5. The molecule has 2 heterocycles. The number of benzene rings is 2. The summed E-state index contributed by atoms with van der Waals surface area (Å²) in [5, 5.41) is 17.7. The van der Waals surface area contributed by atoms with Gasteiger partial charge in [0.2, 0.25) is 5.16 Å². The third-order valence-corrected chi connectivity index (χ3v) is 5.08. The molecule has 0 unspecified atom stereocenters. The van der Waals surface area contributed by atoms with Crippen LogP contribution in [0.2, 0.25) is 0 Å². The highest BCUT2D eigenvalue weighted by Crippen LogP contribution is 2.31. The minimum Gasteiger partial charge on any atom is -0.478 e. The van der Waals surface area contributed by atoms with Crippen molar-refractivity contribution in [2.75, 3.05) is 11.1 Å². The average Bonchev–Trinajstić information content (AvgIpc) is 2.67. The molecular formula is C19H17N4O3S+. The predicted octanol–water partition coefficient (Wildman–Crippen LogP) is 2.51. The van der Waals surface area contributed by atoms with E-state index in [1.54, 1.807) is 28.9 Å². The van der Waals surface area contributed by atoms with E-state index < -0.39 is 12.1 Å². The van der Waals surface area contributed by atoms with Crippen LogP contribution in [-0.4, -0.2) is 26.9 Å². The van der Waals surface area contributed by atoms with Crippen molar-refractivity contribution in [3.05, 3.63) is 70.0 Å². The van der Waals surface area contributed by atoms with Crippen LogP contribution in [-0.2, 0) is 0 Å². The third kappa shape index (κ3) is 3.08. The SMILES string of the molecule is CCSc1n[n+]2c(c(=O)[nH]1)-c1ccccc1N[C@@H]2c1ccc(C(=O)O)cc1. The first-order valence-electron chi connectivity index (χ1n) is 8.46. The van der Waals surface area contributed by atoms with E-state index in [4.69, 9.17) is 5.11 Å². The van der Waals surface area contributed by atoms with Gasteiger partial charge in [-0.1, -0.05) is 30.8 Å². The summed E-state index contributed by atoms with van der Waals surface area (Å²) in [7, 11) is 0. The zero-order valence-electron chi connectivity index (χ0n) is 14.5. The lowest BCUT2D eigenvalue weighted by atomic mass is 10.0. The molecule has 0 saturated carbocycles. The molecule has 0 aliphatic carbocycles. The maximum absolute atomic E-state index is 12.8. The second-order valence-electron chi connectivity index (χ2n) is 6.01. The molecule has 0 spiro atoms. The van der Waals surface area contributed by atoms with E-state index in [0.717, 1.165) is 22.6 Å². The standard InChI is InChI=1S/C19H16N4O3S/c1-2-27-19-21-17(24)15-13-5-3-4-6-14(13)20-16(23(15)22-19)11-7-9-12(10-8-11)18(25)26/h3-10,16H,2H2,1H3,(H2,21,22,24,25,26)/p+1/t16-/m0/s1. The number of anilines is 1. The molecule has 1 aliphatic heterocycles. The fourth-order valence-electron chi connectivity index (χ4n) is 3.12. The van der Waals surface area contributed by atoms with Crippen LogP contribution in [0.25, 0.3) is 11.3 Å². The van der Waals surface area contributed by atoms with Crippen molar-refractivity contribution < 1.29 is 14.6 Å². The summed E-state index contributed by atoms with van der Waals surface area (Å²) < 4.78 is 1.68. The number of thioether (sulfide) groups is 1. The number of fused-ring (bicyclic) bond motifs is 3. The summed E-state index contributed by atoms with van der Waals surface area (Å²) >= 11 is 1.45. The number of para-hydroxylation sites is 1. The molecule has 0 radical (unpaired) electrons. The summed E-state index contributed by atoms with van der Waals surface area (Å²) in [6, 6.07) is 14.1. The zero-order valence-corrected chi connectivity index (χ0v) is 15.3. The molecule has 1 aliphatic rings. The Balaban J connectivity index is 1.90. The summed E-state index contributed by atoms with van der Waals surface area (Å²) in [5.41, 5.74) is 2.89. The molecule has 4 rings (SSSR count). The first-order valence-corrected chi connectivity index (χ1v) is 9.45. The monoisotopic (exact) mass is 381 g/mol. The number of nitrogens with zero attached hydrogens (tertiary/aromatic N) is 2. The molecule has 3 aromatic rings. The van der Waals surface area contributed by atoms with Gasteiger partial charge in [-0.25, -0.2) is 4.79 Å². The first kappa shape index (κ1) is 17.3. The average molecular weight is 381 g/mol. The second kappa shape index (κ2) is 6.88. The lowest BCUT2D eigenvalue weighted by molar-refractivity contribution is -0.759. The molecule has 0 bridgehead atoms. The van der Waals surface area contributed by atoms with Crippen LogP contribution in [0.5, 0.6) is 0 Å². The Labute approximate surface area is 159 Å². The summed E-state index contributed by atoms with van der Waals surface area (Å²) in [4.78, 5) is 26.8. The quantitative estimate of drug-likeness (QED) is 0.474. The maximum Gasteiger partial charge on any atom is 0.335 e. The number of H-pyrrole nitrogens is 1. The summed E-state index contributed by atoms with van der Waals surface area (Å²) in [5.74, 6) is -0.197. The van der Waals surface area contributed by atoms with Gasteiger partial charge in [0, 0.05) is 10.7 Å². The van der Waals surface area contributed by atoms with E-state index >= 15 is 0 Å². The molecule has 0 amide bonds. The van der Waals surface area contributed by atoms with Crippen LogP contribution in [0, 0.1) is 0 Å². The molecule has 1 atom stereocenters. The number of hydrogen-bond donors (Lipinski definition) is 3. The van der Waals surface area contributed by atoms with Crippen LogP contribution in [0.1, 0.15) is 29.0 Å². The lowest BCUT2D eigenvalue weighted by Crippen LogP contribution is -2.55. The Morgan fingerprint density at radius 1 is 1.22 bits per heavy atom. The molecule has 0 fully saturated rings. The van der Waals surface area contributed by atoms with E-state index in [-0.39, 0.29) is 11.1 Å². The first-order chi connectivity index (χ1) is 13.1. The number of aromatic carboxylic acids is 1. The number of aromatic amines is 1. The predicted molar refractivity (Wildman–Crippen MR) is 102 cm³/mol. The largest absolute Gasteiger partial charge is 0.478 e. The number of rotatable bonds is 4. The Morgan fingerprint density at radius 3 is 2.67 bits per heavy atom. The van der Waals surface area contributed by atoms with E-state index in [1.807, 2.05) is 31.2 Å². The van der Waals surface area contributed by atoms with Crippen molar-refractivity contribution in [1.82, 2.24) is 10.1 Å². The van der Waals surface area contributed by atoms with Crippen molar-refractivity contribution in [2.45, 2.75) is 18.2 Å². The number of nitrogens with one attached hydrogen (secondary N) is 2. The van der Waals surface area contributed by atoms with Crippen LogP contribution in [0.15, 0.2) is 58.5 Å². The molecule has 136 valence electrons. The Bertz CT molecular complexity index is 1080. The number of carboxylic acids is 1. The van der Waals surface area contributed by atoms with Gasteiger partial charge in [0.1, 0.15) is 0 Å². The Morgan fingerprint density at radius 2 is 1.96 bits per heavy atom. The van der Waals surface area contributed by atoms with Crippen LogP contribution in [0.3, 0.4) is 0 Å². The Hall–Kier alpha value is -3.13. The topological polar surface area (TPSA) is 99.0 Å². The highest BCUT2D eigenvalue weighted by atomic mass is 32.2. The van der Waals surface area contributed by atoms with E-state index in [1.165, 1.54) is 11.8 Å². The molecule has 7 nitrogen and oxygen atoms in total. The maximum atomic E-state index is 12.8. The molecule has 1 aromatic heterocycles. The zero-order chi connectivity index (χ0) is 19.0. The Kier molecular flexibility index (Phi) is 4.41. The highest BCUT2D eigenvalue weighted by molar-refractivity contribution is 7.99. The van der Waals surface area contributed by atoms with Gasteiger partial charge in [0.05, 0.1) is 16.8 Å². The summed E-state index contributed by atoms with van der Waals surface area (Å²) in [6.45, 7) is 1.99. The minimum atomic E-state index is -0.979. The lowest BCUT2D eigenvalue weighted by Gasteiger charge is -2.22. The van der Waals surface area contributed by atoms with Crippen molar-refractivity contribution in [1.29, 1.82) is 0 Å². The van der Waals surface area contributed by atoms with Crippen molar-refractivity contribution in [3.63, 3.8) is 0 Å². The molecule has 2 aromatic carbocycles. The van der Waals surface area contributed by atoms with Crippen molar-refractivity contribution >= 4 is 23.4 Å². The fourth-order valence-corrected chi connectivity index (χ4v) is 3.71. The molecule has 8 heteroatoms. The molecule has 0 saturated heterocycles. The van der Waals surface area contributed by atoms with Gasteiger partial charge in [0.25, 0.3) is 6.17 Å². The van der Waals surface area contributed by atoms with Crippen molar-refractivity contribution in [3.8, 4) is 11.3 Å². The third-order valence-electron chi connectivity index (χ3n) is 4.34. The fraction of sp³-hybridized carbons (Fsp3) is 0.158. The second-order valence-corrected chi connectivity index (χ2v) is 7.26. The van der Waals surface area contributed by atoms with Gasteiger partial charge < -0.3 is 10.4 Å². The molecular weight excluding hydrogens is 364 g/mol. The van der Waals surface area contributed by atoms with Gasteiger partial charge >= 0.3 is 17.2 Å². The highest BCUT2D eigenvalue weighted by Gasteiger charge is 2.37. The minimum absolute atomic E-state index is 0.206. The van der Waals surface area contributed by atoms with Gasteiger partial charge in [-0.2, -0.15) is 0 Å². The van der Waals surface area contributed by atoms with Gasteiger partial charge in [-0.05, 0) is 46.8 Å². The van der Waals surface area contributed by atoms with Crippen LogP contribution >= 0.6 is 11.8 Å².